The number of piperidine rings is 1. The van der Waals surface area contributed by atoms with E-state index in [-0.39, 0.29) is 23.9 Å². The summed E-state index contributed by atoms with van der Waals surface area (Å²) in [6.07, 6.45) is 6.71. The molecule has 5 nitrogen and oxygen atoms in total. The predicted octanol–water partition coefficient (Wildman–Crippen LogP) is 3.64. The fourth-order valence-electron chi connectivity index (χ4n) is 4.16. The third-order valence-corrected chi connectivity index (χ3v) is 7.31. The lowest BCUT2D eigenvalue weighted by molar-refractivity contribution is 0.0955. The van der Waals surface area contributed by atoms with E-state index >= 15 is 0 Å². The number of rotatable bonds is 5. The largest absolute Gasteiger partial charge is 0.490 e. The van der Waals surface area contributed by atoms with Crippen LogP contribution in [0.2, 0.25) is 5.02 Å². The number of halogens is 1. The lowest BCUT2D eigenvalue weighted by atomic mass is 10.0. The van der Waals surface area contributed by atoms with Gasteiger partial charge in [-0.05, 0) is 42.7 Å². The molecule has 3 heterocycles. The van der Waals surface area contributed by atoms with Crippen LogP contribution in [0, 0.1) is 0 Å². The molecule has 2 saturated heterocycles. The highest BCUT2D eigenvalue weighted by atomic mass is 35.5. The van der Waals surface area contributed by atoms with Crippen LogP contribution in [-0.2, 0) is 15.8 Å². The average Bonchev–Trinajstić information content (AvgIpc) is 2.88. The number of ether oxygens (including phenoxy) is 1. The van der Waals surface area contributed by atoms with Gasteiger partial charge in [0.25, 0.3) is 0 Å². The van der Waals surface area contributed by atoms with Crippen LogP contribution in [0.25, 0.3) is 0 Å². The van der Waals surface area contributed by atoms with E-state index in [1.165, 1.54) is 0 Å². The maximum atomic E-state index is 13.0. The maximum Gasteiger partial charge on any atom is 0.218 e. The first kappa shape index (κ1) is 17.8. The fourth-order valence-corrected chi connectivity index (χ4v) is 6.41. The molecule has 2 bridgehead atoms. The van der Waals surface area contributed by atoms with Gasteiger partial charge in [-0.1, -0.05) is 23.7 Å². The van der Waals surface area contributed by atoms with Crippen LogP contribution in [0.3, 0.4) is 0 Å². The second-order valence-electron chi connectivity index (χ2n) is 7.00. The molecule has 0 N–H and O–H groups in total. The van der Waals surface area contributed by atoms with Crippen LogP contribution >= 0.6 is 11.6 Å². The highest BCUT2D eigenvalue weighted by Gasteiger charge is 2.47. The van der Waals surface area contributed by atoms with Gasteiger partial charge >= 0.3 is 0 Å². The standard InChI is InChI=1S/C19H21ClN2O3S/c20-15-3-1-2-14(10-15)13-26(23,24)22-16-4-5-17(22)12-19(11-16)25-18-6-8-21-9-7-18/h1-3,6-10,16-17,19H,4-5,11-13H2. The van der Waals surface area contributed by atoms with Crippen molar-refractivity contribution in [3.05, 3.63) is 59.4 Å². The van der Waals surface area contributed by atoms with Gasteiger partial charge in [-0.25, -0.2) is 8.42 Å². The van der Waals surface area contributed by atoms with Crippen LogP contribution in [-0.4, -0.2) is 35.9 Å². The quantitative estimate of drug-likeness (QED) is 0.779. The molecule has 0 aliphatic carbocycles. The molecule has 2 atom stereocenters. The summed E-state index contributed by atoms with van der Waals surface area (Å²) >= 11 is 6.00. The van der Waals surface area contributed by atoms with Gasteiger partial charge in [0.15, 0.2) is 0 Å². The minimum Gasteiger partial charge on any atom is -0.490 e. The van der Waals surface area contributed by atoms with Gasteiger partial charge in [0.1, 0.15) is 11.9 Å². The Bertz CT molecular complexity index is 861. The number of benzene rings is 1. The van der Waals surface area contributed by atoms with E-state index < -0.39 is 10.0 Å². The maximum absolute atomic E-state index is 13.0. The Morgan fingerprint density at radius 3 is 2.46 bits per heavy atom. The van der Waals surface area contributed by atoms with Gasteiger partial charge < -0.3 is 4.74 Å². The van der Waals surface area contributed by atoms with E-state index in [2.05, 4.69) is 4.98 Å². The Labute approximate surface area is 159 Å². The van der Waals surface area contributed by atoms with Crippen LogP contribution in [0.4, 0.5) is 0 Å². The van der Waals surface area contributed by atoms with Crippen LogP contribution in [0.1, 0.15) is 31.2 Å². The van der Waals surface area contributed by atoms with Crippen molar-refractivity contribution < 1.29 is 13.2 Å². The zero-order chi connectivity index (χ0) is 18.1. The molecule has 0 saturated carbocycles. The van der Waals surface area contributed by atoms with Crippen molar-refractivity contribution in [1.82, 2.24) is 9.29 Å². The van der Waals surface area contributed by atoms with Crippen molar-refractivity contribution in [2.45, 2.75) is 49.6 Å². The lowest BCUT2D eigenvalue weighted by Crippen LogP contribution is -2.49. The highest BCUT2D eigenvalue weighted by molar-refractivity contribution is 7.88. The van der Waals surface area contributed by atoms with Gasteiger partial charge in [-0.2, -0.15) is 4.31 Å². The van der Waals surface area contributed by atoms with Gasteiger partial charge in [-0.15, -0.1) is 0 Å². The lowest BCUT2D eigenvalue weighted by Gasteiger charge is -2.37. The van der Waals surface area contributed by atoms with Crippen molar-refractivity contribution in [1.29, 1.82) is 0 Å². The topological polar surface area (TPSA) is 59.5 Å². The Balaban J connectivity index is 1.47. The number of hydrogen-bond acceptors (Lipinski definition) is 4. The fraction of sp³-hybridized carbons (Fsp3) is 0.421. The molecule has 4 rings (SSSR count). The van der Waals surface area contributed by atoms with Crippen molar-refractivity contribution in [2.75, 3.05) is 0 Å². The van der Waals surface area contributed by atoms with Crippen molar-refractivity contribution in [3.8, 4) is 5.75 Å². The first-order valence-corrected chi connectivity index (χ1v) is 10.8. The zero-order valence-corrected chi connectivity index (χ0v) is 15.9. The van der Waals surface area contributed by atoms with E-state index in [4.69, 9.17) is 16.3 Å². The molecule has 1 aromatic carbocycles. The molecule has 1 aromatic heterocycles. The summed E-state index contributed by atoms with van der Waals surface area (Å²) in [4.78, 5) is 3.99. The Morgan fingerprint density at radius 1 is 1.12 bits per heavy atom. The Kier molecular flexibility index (Phi) is 4.90. The van der Waals surface area contributed by atoms with Gasteiger partial charge in [-0.3, -0.25) is 4.98 Å². The van der Waals surface area contributed by atoms with Gasteiger partial charge in [0.05, 0.1) is 5.75 Å². The summed E-state index contributed by atoms with van der Waals surface area (Å²) in [7, 11) is -3.38. The van der Waals surface area contributed by atoms with Crippen LogP contribution < -0.4 is 4.74 Å². The minimum atomic E-state index is -3.38. The average molecular weight is 393 g/mol. The second kappa shape index (κ2) is 7.18. The molecule has 2 aromatic rings. The molecule has 138 valence electrons. The van der Waals surface area contributed by atoms with Gasteiger partial charge in [0.2, 0.25) is 10.0 Å². The van der Waals surface area contributed by atoms with Crippen molar-refractivity contribution in [2.24, 2.45) is 0 Å². The van der Waals surface area contributed by atoms with Crippen molar-refractivity contribution >= 4 is 21.6 Å². The SMILES string of the molecule is O=S(=O)(Cc1cccc(Cl)c1)N1C2CCC1CC(Oc1ccncc1)C2. The number of nitrogens with zero attached hydrogens (tertiary/aromatic N) is 2. The number of sulfonamides is 1. The van der Waals surface area contributed by atoms with Gasteiger partial charge in [0, 0.05) is 42.3 Å². The van der Waals surface area contributed by atoms with E-state index in [0.29, 0.717) is 5.02 Å². The molecule has 2 aliphatic rings. The summed E-state index contributed by atoms with van der Waals surface area (Å²) in [6, 6.07) is 10.8. The normalized spacial score (nSPS) is 26.0. The number of pyridine rings is 1. The minimum absolute atomic E-state index is 0.00353. The van der Waals surface area contributed by atoms with E-state index in [1.807, 2.05) is 18.2 Å². The zero-order valence-electron chi connectivity index (χ0n) is 14.3. The highest BCUT2D eigenvalue weighted by Crippen LogP contribution is 2.40. The number of hydrogen-bond donors (Lipinski definition) is 0. The molecular weight excluding hydrogens is 372 g/mol. The van der Waals surface area contributed by atoms with E-state index in [0.717, 1.165) is 37.0 Å². The third-order valence-electron chi connectivity index (χ3n) is 5.13. The summed E-state index contributed by atoms with van der Waals surface area (Å²) in [6.45, 7) is 0. The molecule has 26 heavy (non-hydrogen) atoms. The summed E-state index contributed by atoms with van der Waals surface area (Å²) < 4.78 is 33.8. The molecule has 7 heteroatoms. The summed E-state index contributed by atoms with van der Waals surface area (Å²) in [5.41, 5.74) is 0.729. The molecule has 0 spiro atoms. The first-order chi connectivity index (χ1) is 12.5. The second-order valence-corrected chi connectivity index (χ2v) is 9.31. The number of fused-ring (bicyclic) bond motifs is 2. The molecular formula is C19H21ClN2O3S. The predicted molar refractivity (Wildman–Crippen MR) is 101 cm³/mol. The van der Waals surface area contributed by atoms with E-state index in [1.54, 1.807) is 34.9 Å². The summed E-state index contributed by atoms with van der Waals surface area (Å²) in [5.74, 6) is 0.788. The molecule has 0 amide bonds. The number of aromatic nitrogens is 1. The molecule has 0 radical (unpaired) electrons. The monoisotopic (exact) mass is 392 g/mol. The van der Waals surface area contributed by atoms with Crippen LogP contribution in [0.5, 0.6) is 5.75 Å². The van der Waals surface area contributed by atoms with Crippen LogP contribution in [0.15, 0.2) is 48.8 Å². The van der Waals surface area contributed by atoms with Crippen molar-refractivity contribution in [3.63, 3.8) is 0 Å². The molecule has 2 unspecified atom stereocenters. The molecule has 2 aliphatic heterocycles. The Hall–Kier alpha value is -1.63. The van der Waals surface area contributed by atoms with E-state index in [9.17, 15) is 8.42 Å². The third kappa shape index (κ3) is 3.72. The summed E-state index contributed by atoms with van der Waals surface area (Å²) in [5, 5.41) is 0.560. The first-order valence-electron chi connectivity index (χ1n) is 8.83. The smallest absolute Gasteiger partial charge is 0.218 e. The Morgan fingerprint density at radius 2 is 1.81 bits per heavy atom. The molecule has 2 fully saturated rings.